The number of nitrogens with zero attached hydrogens (tertiary/aromatic N) is 3. The van der Waals surface area contributed by atoms with E-state index in [1.165, 1.54) is 0 Å². The van der Waals surface area contributed by atoms with Crippen LogP contribution in [0.15, 0.2) is 24.5 Å². The fraction of sp³-hybridized carbons (Fsp3) is 0.471. The van der Waals surface area contributed by atoms with Crippen LogP contribution < -0.4 is 9.64 Å². The van der Waals surface area contributed by atoms with Crippen molar-refractivity contribution < 1.29 is 14.3 Å². The van der Waals surface area contributed by atoms with Gasteiger partial charge in [-0.25, -0.2) is 9.97 Å². The Kier molecular flexibility index (Phi) is 4.60. The van der Waals surface area contributed by atoms with Crippen molar-refractivity contribution in [1.29, 1.82) is 0 Å². The predicted octanol–water partition coefficient (Wildman–Crippen LogP) is 2.42. The Morgan fingerprint density at radius 1 is 1.39 bits per heavy atom. The molecule has 1 aromatic carbocycles. The highest BCUT2D eigenvalue weighted by Gasteiger charge is 2.28. The van der Waals surface area contributed by atoms with Gasteiger partial charge in [-0.05, 0) is 38.0 Å². The summed E-state index contributed by atoms with van der Waals surface area (Å²) in [4.78, 5) is 22.9. The first kappa shape index (κ1) is 15.5. The summed E-state index contributed by atoms with van der Waals surface area (Å²) in [5, 5.41) is 0.941. The van der Waals surface area contributed by atoms with Crippen LogP contribution in [-0.2, 0) is 9.53 Å². The molecular weight excluding hydrogens is 294 g/mol. The molecule has 1 aliphatic heterocycles. The highest BCUT2D eigenvalue weighted by atomic mass is 16.5. The highest BCUT2D eigenvalue weighted by molar-refractivity contribution is 5.90. The maximum Gasteiger partial charge on any atom is 0.310 e. The number of rotatable bonds is 4. The molecule has 23 heavy (non-hydrogen) atoms. The Morgan fingerprint density at radius 2 is 2.26 bits per heavy atom. The maximum absolute atomic E-state index is 12.0. The molecule has 3 rings (SSSR count). The fourth-order valence-corrected chi connectivity index (χ4v) is 3.02. The topological polar surface area (TPSA) is 64.5 Å². The van der Waals surface area contributed by atoms with Crippen LogP contribution in [-0.4, -0.2) is 42.7 Å². The van der Waals surface area contributed by atoms with Crippen molar-refractivity contribution in [2.45, 2.75) is 19.8 Å². The standard InChI is InChI=1S/C17H21N3O3/c1-3-23-17(21)12-5-4-8-20(10-12)16-14-9-13(22-2)6-7-15(14)18-11-19-16/h6-7,9,11-12H,3-5,8,10H2,1-2H3. The van der Waals surface area contributed by atoms with Crippen molar-refractivity contribution >= 4 is 22.7 Å². The zero-order chi connectivity index (χ0) is 16.2. The minimum atomic E-state index is -0.117. The Labute approximate surface area is 135 Å². The van der Waals surface area contributed by atoms with E-state index in [4.69, 9.17) is 9.47 Å². The molecule has 1 atom stereocenters. The Morgan fingerprint density at radius 3 is 3.04 bits per heavy atom. The number of anilines is 1. The van der Waals surface area contributed by atoms with Gasteiger partial charge in [-0.2, -0.15) is 0 Å². The number of methoxy groups -OCH3 is 1. The van der Waals surface area contributed by atoms with Gasteiger partial charge in [0.15, 0.2) is 0 Å². The second kappa shape index (κ2) is 6.81. The van der Waals surface area contributed by atoms with Crippen LogP contribution in [0.2, 0.25) is 0 Å². The van der Waals surface area contributed by atoms with E-state index in [0.29, 0.717) is 13.2 Å². The Hall–Kier alpha value is -2.37. The second-order valence-electron chi connectivity index (χ2n) is 5.62. The number of piperidine rings is 1. The van der Waals surface area contributed by atoms with Crippen molar-refractivity contribution in [3.05, 3.63) is 24.5 Å². The Balaban J connectivity index is 1.91. The van der Waals surface area contributed by atoms with E-state index in [1.54, 1.807) is 13.4 Å². The molecule has 6 heteroatoms. The van der Waals surface area contributed by atoms with Gasteiger partial charge in [0.05, 0.1) is 25.2 Å². The van der Waals surface area contributed by atoms with E-state index in [0.717, 1.165) is 41.9 Å². The number of hydrogen-bond acceptors (Lipinski definition) is 6. The summed E-state index contributed by atoms with van der Waals surface area (Å²) >= 11 is 0. The first-order valence-electron chi connectivity index (χ1n) is 7.93. The van der Waals surface area contributed by atoms with E-state index in [-0.39, 0.29) is 11.9 Å². The second-order valence-corrected chi connectivity index (χ2v) is 5.62. The average Bonchev–Trinajstić information content (AvgIpc) is 2.61. The molecule has 0 spiro atoms. The summed E-state index contributed by atoms with van der Waals surface area (Å²) in [6.07, 6.45) is 3.37. The van der Waals surface area contributed by atoms with E-state index in [9.17, 15) is 4.79 Å². The van der Waals surface area contributed by atoms with Crippen LogP contribution >= 0.6 is 0 Å². The van der Waals surface area contributed by atoms with E-state index in [2.05, 4.69) is 14.9 Å². The lowest BCUT2D eigenvalue weighted by Gasteiger charge is -2.32. The molecule has 0 amide bonds. The van der Waals surface area contributed by atoms with Crippen molar-refractivity contribution in [3.63, 3.8) is 0 Å². The number of ether oxygens (including phenoxy) is 2. The number of fused-ring (bicyclic) bond motifs is 1. The number of carbonyl (C=O) groups is 1. The molecule has 1 saturated heterocycles. The first-order valence-corrected chi connectivity index (χ1v) is 7.93. The lowest BCUT2D eigenvalue weighted by atomic mass is 9.98. The number of benzene rings is 1. The molecule has 1 aromatic heterocycles. The molecule has 122 valence electrons. The minimum absolute atomic E-state index is 0.0978. The van der Waals surface area contributed by atoms with Gasteiger partial charge in [-0.15, -0.1) is 0 Å². The zero-order valence-corrected chi connectivity index (χ0v) is 13.5. The van der Waals surface area contributed by atoms with Gasteiger partial charge in [0.25, 0.3) is 0 Å². The summed E-state index contributed by atoms with van der Waals surface area (Å²) in [5.41, 5.74) is 0.869. The molecule has 1 aliphatic rings. The van der Waals surface area contributed by atoms with Crippen LogP contribution in [0.25, 0.3) is 10.9 Å². The predicted molar refractivity (Wildman–Crippen MR) is 87.7 cm³/mol. The molecule has 0 N–H and O–H groups in total. The largest absolute Gasteiger partial charge is 0.497 e. The molecule has 6 nitrogen and oxygen atoms in total. The summed E-state index contributed by atoms with van der Waals surface area (Å²) < 4.78 is 10.5. The van der Waals surface area contributed by atoms with Crippen molar-refractivity contribution in [3.8, 4) is 5.75 Å². The quantitative estimate of drug-likeness (QED) is 0.807. The van der Waals surface area contributed by atoms with Crippen molar-refractivity contribution in [2.75, 3.05) is 31.7 Å². The SMILES string of the molecule is CCOC(=O)C1CCCN(c2ncnc3ccc(OC)cc23)C1. The smallest absolute Gasteiger partial charge is 0.310 e. The van der Waals surface area contributed by atoms with Crippen LogP contribution in [0.3, 0.4) is 0 Å². The third-order valence-electron chi connectivity index (χ3n) is 4.16. The molecule has 2 aromatic rings. The summed E-state index contributed by atoms with van der Waals surface area (Å²) in [6, 6.07) is 5.75. The fourth-order valence-electron chi connectivity index (χ4n) is 3.02. The van der Waals surface area contributed by atoms with Gasteiger partial charge >= 0.3 is 5.97 Å². The van der Waals surface area contributed by atoms with Gasteiger partial charge in [0.2, 0.25) is 0 Å². The monoisotopic (exact) mass is 315 g/mol. The summed E-state index contributed by atoms with van der Waals surface area (Å²) in [6.45, 7) is 3.76. The Bertz CT molecular complexity index is 705. The van der Waals surface area contributed by atoms with Crippen LogP contribution in [0.1, 0.15) is 19.8 Å². The van der Waals surface area contributed by atoms with Gasteiger partial charge in [-0.1, -0.05) is 0 Å². The van der Waals surface area contributed by atoms with E-state index >= 15 is 0 Å². The van der Waals surface area contributed by atoms with Gasteiger partial charge in [0, 0.05) is 18.5 Å². The number of esters is 1. The van der Waals surface area contributed by atoms with Crippen molar-refractivity contribution in [1.82, 2.24) is 9.97 Å². The molecule has 0 radical (unpaired) electrons. The number of aromatic nitrogens is 2. The van der Waals surface area contributed by atoms with Crippen LogP contribution in [0.4, 0.5) is 5.82 Å². The molecular formula is C17H21N3O3. The molecule has 2 heterocycles. The molecule has 0 aliphatic carbocycles. The maximum atomic E-state index is 12.0. The third kappa shape index (κ3) is 3.21. The molecule has 0 bridgehead atoms. The molecule has 1 unspecified atom stereocenters. The van der Waals surface area contributed by atoms with E-state index in [1.807, 2.05) is 25.1 Å². The normalized spacial score (nSPS) is 18.0. The van der Waals surface area contributed by atoms with Gasteiger partial charge < -0.3 is 14.4 Å². The third-order valence-corrected chi connectivity index (χ3v) is 4.16. The summed E-state index contributed by atoms with van der Waals surface area (Å²) in [5.74, 6) is 1.41. The molecule has 1 fully saturated rings. The van der Waals surface area contributed by atoms with Gasteiger partial charge in [-0.3, -0.25) is 4.79 Å². The zero-order valence-electron chi connectivity index (χ0n) is 13.5. The average molecular weight is 315 g/mol. The van der Waals surface area contributed by atoms with E-state index < -0.39 is 0 Å². The summed E-state index contributed by atoms with van der Waals surface area (Å²) in [7, 11) is 1.64. The van der Waals surface area contributed by atoms with Crippen LogP contribution in [0, 0.1) is 5.92 Å². The number of hydrogen-bond donors (Lipinski definition) is 0. The van der Waals surface area contributed by atoms with Gasteiger partial charge in [0.1, 0.15) is 17.9 Å². The first-order chi connectivity index (χ1) is 11.2. The highest BCUT2D eigenvalue weighted by Crippen LogP contribution is 2.30. The van der Waals surface area contributed by atoms with Crippen LogP contribution in [0.5, 0.6) is 5.75 Å². The minimum Gasteiger partial charge on any atom is -0.497 e. The number of carbonyl (C=O) groups excluding carboxylic acids is 1. The van der Waals surface area contributed by atoms with Crippen molar-refractivity contribution in [2.24, 2.45) is 5.92 Å². The lowest BCUT2D eigenvalue weighted by molar-refractivity contribution is -0.148. The molecule has 0 saturated carbocycles. The lowest BCUT2D eigenvalue weighted by Crippen LogP contribution is -2.40.